The third-order valence-corrected chi connectivity index (χ3v) is 3.45. The zero-order chi connectivity index (χ0) is 15.1. The summed E-state index contributed by atoms with van der Waals surface area (Å²) in [5.74, 6) is -0.604. The highest BCUT2D eigenvalue weighted by Gasteiger charge is 2.31. The van der Waals surface area contributed by atoms with Crippen molar-refractivity contribution >= 4 is 5.97 Å². The first kappa shape index (κ1) is 14.3. The third kappa shape index (κ3) is 2.33. The quantitative estimate of drug-likeness (QED) is 0.899. The van der Waals surface area contributed by atoms with Crippen molar-refractivity contribution in [3.63, 3.8) is 0 Å². The van der Waals surface area contributed by atoms with Crippen LogP contribution in [-0.4, -0.2) is 16.2 Å². The molecule has 0 amide bonds. The van der Waals surface area contributed by atoms with Gasteiger partial charge in [-0.3, -0.25) is 0 Å². The van der Waals surface area contributed by atoms with E-state index in [1.54, 1.807) is 0 Å². The standard InChI is InChI=1S/C16H19NO3/c1-9-7-6-8-11(10(9)2)13-12(15(18)19)14(20-17-13)16(3,4)5/h6-8H,1-5H3,(H,18,19). The van der Waals surface area contributed by atoms with Crippen molar-refractivity contribution in [2.75, 3.05) is 0 Å². The van der Waals surface area contributed by atoms with Crippen LogP contribution in [0, 0.1) is 13.8 Å². The molecule has 1 aromatic heterocycles. The lowest BCUT2D eigenvalue weighted by Crippen LogP contribution is -2.15. The maximum absolute atomic E-state index is 11.6. The zero-order valence-corrected chi connectivity index (χ0v) is 12.4. The zero-order valence-electron chi connectivity index (χ0n) is 12.4. The molecule has 106 valence electrons. The molecular weight excluding hydrogens is 254 g/mol. The van der Waals surface area contributed by atoms with Crippen LogP contribution in [0.25, 0.3) is 11.3 Å². The van der Waals surface area contributed by atoms with Gasteiger partial charge in [-0.15, -0.1) is 0 Å². The van der Waals surface area contributed by atoms with Crippen LogP contribution in [-0.2, 0) is 5.41 Å². The average Bonchev–Trinajstić information content (AvgIpc) is 2.77. The minimum absolute atomic E-state index is 0.159. The Morgan fingerprint density at radius 2 is 1.90 bits per heavy atom. The van der Waals surface area contributed by atoms with Gasteiger partial charge < -0.3 is 9.63 Å². The van der Waals surface area contributed by atoms with E-state index < -0.39 is 11.4 Å². The number of nitrogens with zero attached hydrogens (tertiary/aromatic N) is 1. The summed E-state index contributed by atoms with van der Waals surface area (Å²) in [6.45, 7) is 9.68. The van der Waals surface area contributed by atoms with E-state index in [9.17, 15) is 9.90 Å². The van der Waals surface area contributed by atoms with Crippen LogP contribution in [0.4, 0.5) is 0 Å². The summed E-state index contributed by atoms with van der Waals surface area (Å²) in [5.41, 5.74) is 3.08. The summed E-state index contributed by atoms with van der Waals surface area (Å²) in [4.78, 5) is 11.6. The fourth-order valence-electron chi connectivity index (χ4n) is 2.19. The normalized spacial score (nSPS) is 11.7. The van der Waals surface area contributed by atoms with Crippen LogP contribution in [0.3, 0.4) is 0 Å². The summed E-state index contributed by atoms with van der Waals surface area (Å²) >= 11 is 0. The van der Waals surface area contributed by atoms with E-state index in [0.29, 0.717) is 11.5 Å². The van der Waals surface area contributed by atoms with Gasteiger partial charge >= 0.3 is 5.97 Å². The molecule has 1 N–H and O–H groups in total. The Kier molecular flexibility index (Phi) is 3.42. The Labute approximate surface area is 118 Å². The lowest BCUT2D eigenvalue weighted by Gasteiger charge is -2.14. The second kappa shape index (κ2) is 4.78. The number of hydrogen-bond donors (Lipinski definition) is 1. The lowest BCUT2D eigenvalue weighted by atomic mass is 9.88. The molecular formula is C16H19NO3. The van der Waals surface area contributed by atoms with Crippen molar-refractivity contribution in [1.29, 1.82) is 0 Å². The second-order valence-corrected chi connectivity index (χ2v) is 6.04. The topological polar surface area (TPSA) is 63.3 Å². The van der Waals surface area contributed by atoms with Crippen LogP contribution < -0.4 is 0 Å². The summed E-state index contributed by atoms with van der Waals surface area (Å²) in [7, 11) is 0. The van der Waals surface area contributed by atoms with Gasteiger partial charge in [0, 0.05) is 11.0 Å². The molecule has 0 aliphatic heterocycles. The van der Waals surface area contributed by atoms with E-state index in [-0.39, 0.29) is 5.56 Å². The van der Waals surface area contributed by atoms with Crippen LogP contribution in [0.15, 0.2) is 22.7 Å². The molecule has 4 heteroatoms. The maximum Gasteiger partial charge on any atom is 0.341 e. The van der Waals surface area contributed by atoms with Gasteiger partial charge in [0.1, 0.15) is 11.3 Å². The Morgan fingerprint density at radius 1 is 1.25 bits per heavy atom. The van der Waals surface area contributed by atoms with Crippen molar-refractivity contribution < 1.29 is 14.4 Å². The second-order valence-electron chi connectivity index (χ2n) is 6.04. The van der Waals surface area contributed by atoms with Gasteiger partial charge in [0.05, 0.1) is 0 Å². The fraction of sp³-hybridized carbons (Fsp3) is 0.375. The first-order chi connectivity index (χ1) is 9.23. The van der Waals surface area contributed by atoms with Gasteiger partial charge in [-0.1, -0.05) is 44.1 Å². The van der Waals surface area contributed by atoms with Crippen molar-refractivity contribution in [3.8, 4) is 11.3 Å². The highest BCUT2D eigenvalue weighted by molar-refractivity contribution is 5.96. The molecule has 0 spiro atoms. The van der Waals surface area contributed by atoms with Crippen LogP contribution in [0.5, 0.6) is 0 Å². The van der Waals surface area contributed by atoms with E-state index >= 15 is 0 Å². The Morgan fingerprint density at radius 3 is 2.45 bits per heavy atom. The molecule has 1 aromatic carbocycles. The van der Waals surface area contributed by atoms with Crippen molar-refractivity contribution in [1.82, 2.24) is 5.16 Å². The number of hydrogen-bond acceptors (Lipinski definition) is 3. The molecule has 0 saturated carbocycles. The Balaban J connectivity index is 2.73. The Bertz CT molecular complexity index is 663. The van der Waals surface area contributed by atoms with Crippen LogP contribution in [0.2, 0.25) is 0 Å². The minimum Gasteiger partial charge on any atom is -0.477 e. The number of aromatic nitrogens is 1. The van der Waals surface area contributed by atoms with E-state index in [4.69, 9.17) is 4.52 Å². The minimum atomic E-state index is -1.01. The number of rotatable bonds is 2. The van der Waals surface area contributed by atoms with Gasteiger partial charge in [-0.05, 0) is 25.0 Å². The predicted octanol–water partition coefficient (Wildman–Crippen LogP) is 3.95. The van der Waals surface area contributed by atoms with Crippen molar-refractivity contribution in [2.24, 2.45) is 0 Å². The van der Waals surface area contributed by atoms with E-state index in [1.165, 1.54) is 0 Å². The van der Waals surface area contributed by atoms with E-state index in [0.717, 1.165) is 16.7 Å². The van der Waals surface area contributed by atoms with E-state index in [2.05, 4.69) is 5.16 Å². The SMILES string of the molecule is Cc1cccc(-c2noc(C(C)(C)C)c2C(=O)O)c1C. The average molecular weight is 273 g/mol. The predicted molar refractivity (Wildman–Crippen MR) is 77.1 cm³/mol. The number of carboxylic acids is 1. The molecule has 0 atom stereocenters. The van der Waals surface area contributed by atoms with Gasteiger partial charge in [0.15, 0.2) is 5.76 Å². The fourth-order valence-corrected chi connectivity index (χ4v) is 2.19. The van der Waals surface area contributed by atoms with Gasteiger partial charge in [-0.25, -0.2) is 4.79 Å². The van der Waals surface area contributed by atoms with Gasteiger partial charge in [0.25, 0.3) is 0 Å². The van der Waals surface area contributed by atoms with Crippen LogP contribution >= 0.6 is 0 Å². The largest absolute Gasteiger partial charge is 0.477 e. The van der Waals surface area contributed by atoms with E-state index in [1.807, 2.05) is 52.8 Å². The van der Waals surface area contributed by atoms with Gasteiger partial charge in [-0.2, -0.15) is 0 Å². The van der Waals surface area contributed by atoms with Crippen molar-refractivity contribution in [2.45, 2.75) is 40.0 Å². The summed E-state index contributed by atoms with van der Waals surface area (Å²) in [5, 5.41) is 13.5. The van der Waals surface area contributed by atoms with Gasteiger partial charge in [0.2, 0.25) is 0 Å². The molecule has 0 unspecified atom stereocenters. The lowest BCUT2D eigenvalue weighted by molar-refractivity contribution is 0.0693. The first-order valence-electron chi connectivity index (χ1n) is 6.53. The molecule has 4 nitrogen and oxygen atoms in total. The highest BCUT2D eigenvalue weighted by Crippen LogP contribution is 2.34. The number of carbonyl (C=O) groups is 1. The number of aryl methyl sites for hydroxylation is 1. The molecule has 0 bridgehead atoms. The molecule has 20 heavy (non-hydrogen) atoms. The summed E-state index contributed by atoms with van der Waals surface area (Å²) in [6, 6.07) is 5.76. The monoisotopic (exact) mass is 273 g/mol. The molecule has 0 fully saturated rings. The number of aromatic carboxylic acids is 1. The number of benzene rings is 1. The molecule has 2 rings (SSSR count). The summed E-state index contributed by atoms with van der Waals surface area (Å²) in [6.07, 6.45) is 0. The molecule has 0 aliphatic rings. The Hall–Kier alpha value is -2.10. The number of carboxylic acid groups (broad SMARTS) is 1. The third-order valence-electron chi connectivity index (χ3n) is 3.45. The highest BCUT2D eigenvalue weighted by atomic mass is 16.5. The maximum atomic E-state index is 11.6. The molecule has 2 aromatic rings. The summed E-state index contributed by atoms with van der Waals surface area (Å²) < 4.78 is 5.34. The van der Waals surface area contributed by atoms with Crippen LogP contribution in [0.1, 0.15) is 48.0 Å². The smallest absolute Gasteiger partial charge is 0.341 e. The van der Waals surface area contributed by atoms with Crippen molar-refractivity contribution in [3.05, 3.63) is 40.6 Å². The molecule has 0 radical (unpaired) electrons. The first-order valence-corrected chi connectivity index (χ1v) is 6.53. The molecule has 0 aliphatic carbocycles. The molecule has 0 saturated heterocycles. The molecule has 1 heterocycles.